The molecule has 0 aliphatic carbocycles. The van der Waals surface area contributed by atoms with E-state index in [1.165, 1.54) is 24.3 Å². The lowest BCUT2D eigenvalue weighted by molar-refractivity contribution is 0.0458. The highest BCUT2D eigenvalue weighted by atomic mass is 16.5. The molecular weight excluding hydrogens is 380 g/mol. The molecule has 3 aromatic carbocycles. The quantitative estimate of drug-likeness (QED) is 0.581. The van der Waals surface area contributed by atoms with Gasteiger partial charge in [0, 0.05) is 0 Å². The van der Waals surface area contributed by atoms with E-state index in [1.807, 2.05) is 12.1 Å². The first-order valence-electron chi connectivity index (χ1n) is 9.01. The van der Waals surface area contributed by atoms with Crippen LogP contribution in [0.5, 0.6) is 0 Å². The molecule has 0 atom stereocenters. The third-order valence-electron chi connectivity index (χ3n) is 4.26. The minimum atomic E-state index is -0.517. The summed E-state index contributed by atoms with van der Waals surface area (Å²) in [5.74, 6) is -1.03. The Morgan fingerprint density at radius 3 is 1.23 bits per heavy atom. The fraction of sp³-hybridized carbons (Fsp3) is 0.0833. The predicted octanol–water partition coefficient (Wildman–Crippen LogP) is 4.14. The molecule has 0 N–H and O–H groups in total. The second-order valence-corrected chi connectivity index (χ2v) is 6.35. The van der Waals surface area contributed by atoms with Gasteiger partial charge in [-0.05, 0) is 59.7 Å². The van der Waals surface area contributed by atoms with Crippen molar-refractivity contribution in [1.82, 2.24) is 0 Å². The van der Waals surface area contributed by atoms with Gasteiger partial charge in [0.1, 0.15) is 13.2 Å². The van der Waals surface area contributed by atoms with Crippen LogP contribution in [0.15, 0.2) is 72.8 Å². The van der Waals surface area contributed by atoms with Crippen molar-refractivity contribution in [1.29, 1.82) is 10.5 Å². The second-order valence-electron chi connectivity index (χ2n) is 6.35. The molecule has 0 saturated heterocycles. The van der Waals surface area contributed by atoms with E-state index in [0.29, 0.717) is 22.3 Å². The van der Waals surface area contributed by atoms with Crippen molar-refractivity contribution < 1.29 is 19.1 Å². The summed E-state index contributed by atoms with van der Waals surface area (Å²) in [6.07, 6.45) is 0. The molecule has 0 spiro atoms. The summed E-state index contributed by atoms with van der Waals surface area (Å²) in [5, 5.41) is 17.6. The molecular formula is C24H16N2O4. The predicted molar refractivity (Wildman–Crippen MR) is 107 cm³/mol. The number of carbonyl (C=O) groups excluding carboxylic acids is 2. The first-order valence-corrected chi connectivity index (χ1v) is 9.01. The Kier molecular flexibility index (Phi) is 6.55. The van der Waals surface area contributed by atoms with Crippen LogP contribution in [0.2, 0.25) is 0 Å². The first kappa shape index (κ1) is 20.3. The lowest BCUT2D eigenvalue weighted by atomic mass is 10.1. The summed E-state index contributed by atoms with van der Waals surface area (Å²) in [4.78, 5) is 24.3. The molecule has 0 saturated carbocycles. The fourth-order valence-corrected chi connectivity index (χ4v) is 2.56. The van der Waals surface area contributed by atoms with E-state index in [-0.39, 0.29) is 13.2 Å². The zero-order chi connectivity index (χ0) is 21.3. The summed E-state index contributed by atoms with van der Waals surface area (Å²) < 4.78 is 10.5. The van der Waals surface area contributed by atoms with E-state index in [0.717, 1.165) is 11.1 Å². The van der Waals surface area contributed by atoms with E-state index >= 15 is 0 Å². The van der Waals surface area contributed by atoms with Gasteiger partial charge < -0.3 is 9.47 Å². The Hall–Kier alpha value is -4.42. The lowest BCUT2D eigenvalue weighted by Crippen LogP contribution is -2.08. The van der Waals surface area contributed by atoms with Crippen LogP contribution in [-0.4, -0.2) is 11.9 Å². The molecule has 146 valence electrons. The van der Waals surface area contributed by atoms with Gasteiger partial charge in [-0.15, -0.1) is 0 Å². The molecule has 0 bridgehead atoms. The van der Waals surface area contributed by atoms with Gasteiger partial charge in [0.2, 0.25) is 0 Å². The molecule has 0 unspecified atom stereocenters. The molecule has 0 radical (unpaired) electrons. The van der Waals surface area contributed by atoms with Gasteiger partial charge >= 0.3 is 11.9 Å². The van der Waals surface area contributed by atoms with Crippen molar-refractivity contribution in [3.63, 3.8) is 0 Å². The largest absolute Gasteiger partial charge is 0.457 e. The van der Waals surface area contributed by atoms with Crippen molar-refractivity contribution in [2.45, 2.75) is 13.2 Å². The van der Waals surface area contributed by atoms with Crippen molar-refractivity contribution >= 4 is 11.9 Å². The number of nitrogens with zero attached hydrogens (tertiary/aromatic N) is 2. The zero-order valence-corrected chi connectivity index (χ0v) is 15.9. The van der Waals surface area contributed by atoms with Gasteiger partial charge in [-0.1, -0.05) is 24.3 Å². The van der Waals surface area contributed by atoms with Gasteiger partial charge in [0.25, 0.3) is 0 Å². The minimum Gasteiger partial charge on any atom is -0.457 e. The number of carbonyl (C=O) groups is 2. The molecule has 6 nitrogen and oxygen atoms in total. The van der Waals surface area contributed by atoms with Crippen LogP contribution in [0.3, 0.4) is 0 Å². The highest BCUT2D eigenvalue weighted by Crippen LogP contribution is 2.12. The molecule has 6 heteroatoms. The maximum Gasteiger partial charge on any atom is 0.338 e. The SMILES string of the molecule is N#Cc1ccc(COC(=O)c2ccc(C(=O)OCc3ccc(C#N)cc3)cc2)cc1. The van der Waals surface area contributed by atoms with E-state index in [9.17, 15) is 9.59 Å². The molecule has 30 heavy (non-hydrogen) atoms. The van der Waals surface area contributed by atoms with Crippen LogP contribution in [0.1, 0.15) is 43.0 Å². The third-order valence-corrected chi connectivity index (χ3v) is 4.26. The van der Waals surface area contributed by atoms with E-state index < -0.39 is 11.9 Å². The highest BCUT2D eigenvalue weighted by molar-refractivity contribution is 5.93. The summed E-state index contributed by atoms with van der Waals surface area (Å²) >= 11 is 0. The topological polar surface area (TPSA) is 100 Å². The van der Waals surface area contributed by atoms with E-state index in [1.54, 1.807) is 48.5 Å². The van der Waals surface area contributed by atoms with E-state index in [4.69, 9.17) is 20.0 Å². The number of ether oxygens (including phenoxy) is 2. The maximum atomic E-state index is 12.2. The monoisotopic (exact) mass is 396 g/mol. The lowest BCUT2D eigenvalue weighted by Gasteiger charge is -2.07. The van der Waals surface area contributed by atoms with Crippen LogP contribution in [0.25, 0.3) is 0 Å². The van der Waals surface area contributed by atoms with E-state index in [2.05, 4.69) is 0 Å². The van der Waals surface area contributed by atoms with Crippen LogP contribution < -0.4 is 0 Å². The molecule has 0 amide bonds. The van der Waals surface area contributed by atoms with Gasteiger partial charge in [-0.2, -0.15) is 10.5 Å². The molecule has 3 aromatic rings. The Morgan fingerprint density at radius 1 is 0.600 bits per heavy atom. The molecule has 0 aliphatic heterocycles. The summed E-state index contributed by atoms with van der Waals surface area (Å²) in [6, 6.07) is 23.5. The Labute approximate surface area is 173 Å². The summed E-state index contributed by atoms with van der Waals surface area (Å²) in [5.41, 5.74) is 3.23. The zero-order valence-electron chi connectivity index (χ0n) is 15.9. The van der Waals surface area contributed by atoms with Crippen molar-refractivity contribution in [2.75, 3.05) is 0 Å². The molecule has 0 aromatic heterocycles. The number of esters is 2. The van der Waals surface area contributed by atoms with Crippen molar-refractivity contribution in [2.24, 2.45) is 0 Å². The number of nitriles is 2. The molecule has 0 heterocycles. The Balaban J connectivity index is 1.52. The number of rotatable bonds is 6. The van der Waals surface area contributed by atoms with Crippen LogP contribution in [-0.2, 0) is 22.7 Å². The first-order chi connectivity index (χ1) is 14.6. The van der Waals surface area contributed by atoms with Crippen LogP contribution >= 0.6 is 0 Å². The number of hydrogen-bond donors (Lipinski definition) is 0. The highest BCUT2D eigenvalue weighted by Gasteiger charge is 2.11. The smallest absolute Gasteiger partial charge is 0.338 e. The standard InChI is InChI=1S/C24H16N2O4/c25-13-17-1-5-19(6-2-17)15-29-23(27)21-9-11-22(12-10-21)24(28)30-16-20-7-3-18(14-26)4-8-20/h1-12H,15-16H2. The second kappa shape index (κ2) is 9.68. The number of benzene rings is 3. The maximum absolute atomic E-state index is 12.2. The summed E-state index contributed by atoms with van der Waals surface area (Å²) in [6.45, 7) is 0.165. The van der Waals surface area contributed by atoms with Crippen LogP contribution in [0, 0.1) is 22.7 Å². The van der Waals surface area contributed by atoms with Crippen LogP contribution in [0.4, 0.5) is 0 Å². The van der Waals surface area contributed by atoms with Gasteiger partial charge in [-0.25, -0.2) is 9.59 Å². The number of hydrogen-bond acceptors (Lipinski definition) is 6. The normalized spacial score (nSPS) is 9.80. The van der Waals surface area contributed by atoms with Gasteiger partial charge in [0.15, 0.2) is 0 Å². The third kappa shape index (κ3) is 5.31. The molecule has 3 rings (SSSR count). The van der Waals surface area contributed by atoms with Crippen molar-refractivity contribution in [3.8, 4) is 12.1 Å². The summed E-state index contributed by atoms with van der Waals surface area (Å²) in [7, 11) is 0. The Morgan fingerprint density at radius 2 is 0.933 bits per heavy atom. The minimum absolute atomic E-state index is 0.0823. The van der Waals surface area contributed by atoms with Crippen molar-refractivity contribution in [3.05, 3.63) is 106 Å². The Bertz CT molecular complexity index is 1030. The van der Waals surface area contributed by atoms with Gasteiger partial charge in [0.05, 0.1) is 34.4 Å². The fourth-order valence-electron chi connectivity index (χ4n) is 2.56. The average molecular weight is 396 g/mol. The average Bonchev–Trinajstić information content (AvgIpc) is 2.81. The molecule has 0 aliphatic rings. The van der Waals surface area contributed by atoms with Gasteiger partial charge in [-0.3, -0.25) is 0 Å². The molecule has 0 fully saturated rings.